The van der Waals surface area contributed by atoms with Crippen LogP contribution in [0.5, 0.6) is 11.5 Å². The molecule has 0 spiro atoms. The molecule has 1 fully saturated rings. The first-order valence-electron chi connectivity index (χ1n) is 11.3. The van der Waals surface area contributed by atoms with Crippen LogP contribution in [-0.2, 0) is 0 Å². The van der Waals surface area contributed by atoms with E-state index in [1.807, 2.05) is 0 Å². The summed E-state index contributed by atoms with van der Waals surface area (Å²) in [6.07, 6.45) is 0. The first-order valence-corrected chi connectivity index (χ1v) is 11.3. The summed E-state index contributed by atoms with van der Waals surface area (Å²) in [6, 6.07) is 8.49. The van der Waals surface area contributed by atoms with Crippen molar-refractivity contribution in [3.63, 3.8) is 0 Å². The second-order valence-corrected chi connectivity index (χ2v) is 9.09. The van der Waals surface area contributed by atoms with Crippen LogP contribution in [0.1, 0.15) is 27.7 Å². The number of hydrogen-bond acceptors (Lipinski definition) is 4. The number of anilines is 1. The quantitative estimate of drug-likeness (QED) is 0.276. The van der Waals surface area contributed by atoms with Crippen molar-refractivity contribution >= 4 is 5.69 Å². The second-order valence-electron chi connectivity index (χ2n) is 9.09. The zero-order chi connectivity index (χ0) is 25.4. The minimum atomic E-state index is -2.19. The van der Waals surface area contributed by atoms with E-state index in [0.29, 0.717) is 5.92 Å². The van der Waals surface area contributed by atoms with Crippen LogP contribution >= 0.6 is 0 Å². The molecule has 0 N–H and O–H groups in total. The van der Waals surface area contributed by atoms with E-state index < -0.39 is 34.8 Å². The Morgan fingerprint density at radius 2 is 1.12 bits per heavy atom. The van der Waals surface area contributed by atoms with Gasteiger partial charge in [0, 0.05) is 31.9 Å². The minimum absolute atomic E-state index is 0.102. The third kappa shape index (κ3) is 7.75. The van der Waals surface area contributed by atoms with Crippen molar-refractivity contribution in [1.82, 2.24) is 4.90 Å². The van der Waals surface area contributed by atoms with Crippen molar-refractivity contribution in [3.8, 4) is 11.5 Å². The lowest BCUT2D eigenvalue weighted by molar-refractivity contribution is 0.233. The molecule has 1 saturated heterocycles. The Bertz CT molecular complexity index is 886. The highest BCUT2D eigenvalue weighted by atomic mass is 19.2. The molecule has 1 aliphatic heterocycles. The van der Waals surface area contributed by atoms with Crippen molar-refractivity contribution in [2.45, 2.75) is 27.7 Å². The van der Waals surface area contributed by atoms with E-state index in [-0.39, 0.29) is 12.5 Å². The maximum atomic E-state index is 13.0. The predicted molar refractivity (Wildman–Crippen MR) is 123 cm³/mol. The van der Waals surface area contributed by atoms with Crippen molar-refractivity contribution < 1.29 is 31.4 Å². The number of nitrogens with zero attached hydrogens (tertiary/aromatic N) is 2. The Morgan fingerprint density at radius 1 is 0.676 bits per heavy atom. The van der Waals surface area contributed by atoms with Gasteiger partial charge in [0.15, 0.2) is 5.75 Å². The van der Waals surface area contributed by atoms with Gasteiger partial charge in [0.05, 0.1) is 13.2 Å². The lowest BCUT2D eigenvalue weighted by Crippen LogP contribution is -2.44. The molecule has 0 bridgehead atoms. The maximum absolute atomic E-state index is 13.0. The summed E-state index contributed by atoms with van der Waals surface area (Å²) >= 11 is 0. The van der Waals surface area contributed by atoms with Crippen LogP contribution in [0, 0.1) is 40.9 Å². The monoisotopic (exact) mass is 488 g/mol. The summed E-state index contributed by atoms with van der Waals surface area (Å²) in [5, 5.41) is 0. The van der Waals surface area contributed by atoms with E-state index in [4.69, 9.17) is 4.74 Å². The molecule has 2 aromatic rings. The molecule has 0 amide bonds. The highest BCUT2D eigenvalue weighted by Gasteiger charge is 2.27. The fraction of sp³-hybridized carbons (Fsp3) is 0.520. The molecule has 0 radical (unpaired) electrons. The van der Waals surface area contributed by atoms with Crippen LogP contribution in [0.3, 0.4) is 0 Å². The summed E-state index contributed by atoms with van der Waals surface area (Å²) < 4.78 is 74.2. The first kappa shape index (κ1) is 27.7. The summed E-state index contributed by atoms with van der Waals surface area (Å²) in [5.74, 6) is -9.87. The molecule has 0 atom stereocenters. The Hall–Kier alpha value is -2.55. The number of rotatable bonds is 7. The largest absolute Gasteiger partial charge is 0.493 e. The molecule has 1 aliphatic rings. The molecule has 0 aliphatic carbocycles. The van der Waals surface area contributed by atoms with Crippen molar-refractivity contribution in [1.29, 1.82) is 0 Å². The Balaban J connectivity index is 0.000000242. The third-order valence-corrected chi connectivity index (χ3v) is 5.02. The van der Waals surface area contributed by atoms with Gasteiger partial charge in [-0.05, 0) is 43.1 Å². The average molecular weight is 489 g/mol. The number of likely N-dealkylation sites (N-methyl/N-ethyl adjacent to an activating group) is 1. The summed E-state index contributed by atoms with van der Waals surface area (Å²) in [6.45, 7) is 12.8. The fourth-order valence-electron chi connectivity index (χ4n) is 3.04. The topological polar surface area (TPSA) is 24.9 Å². The van der Waals surface area contributed by atoms with Gasteiger partial charge >= 0.3 is 0 Å². The van der Waals surface area contributed by atoms with E-state index in [1.54, 1.807) is 13.8 Å². The van der Waals surface area contributed by atoms with Gasteiger partial charge in [-0.15, -0.1) is 0 Å². The van der Waals surface area contributed by atoms with Crippen LogP contribution < -0.4 is 14.4 Å². The van der Waals surface area contributed by atoms with Crippen LogP contribution in [0.4, 0.5) is 27.6 Å². The summed E-state index contributed by atoms with van der Waals surface area (Å²) in [5.41, 5.74) is 1.31. The molecule has 4 nitrogen and oxygen atoms in total. The molecule has 0 aromatic heterocycles. The highest BCUT2D eigenvalue weighted by molar-refractivity contribution is 5.49. The Morgan fingerprint density at radius 3 is 1.59 bits per heavy atom. The number of piperazine rings is 1. The summed E-state index contributed by atoms with van der Waals surface area (Å²) in [4.78, 5) is 4.81. The van der Waals surface area contributed by atoms with Gasteiger partial charge in [-0.3, -0.25) is 0 Å². The van der Waals surface area contributed by atoms with E-state index in [9.17, 15) is 22.0 Å². The lowest BCUT2D eigenvalue weighted by atomic mass is 10.2. The molecule has 1 heterocycles. The summed E-state index contributed by atoms with van der Waals surface area (Å²) in [7, 11) is 2.18. The molecule has 3 rings (SSSR count). The van der Waals surface area contributed by atoms with Crippen LogP contribution in [0.2, 0.25) is 0 Å². The number of benzene rings is 2. The normalized spacial score (nSPS) is 14.3. The van der Waals surface area contributed by atoms with Crippen molar-refractivity contribution in [3.05, 3.63) is 53.4 Å². The highest BCUT2D eigenvalue weighted by Crippen LogP contribution is 2.29. The standard InChI is InChI=1S/C15H24N2O.C10H9F5O/c1-13(2)12-18-15-6-4-14(5-7-15)17-10-8-16(3)9-11-17;1-4(2)3-16-10-8(14)6(12)5(11)7(13)9(10)15/h4-7,13H,8-12H2,1-3H3;4H,3H2,1-2H3. The van der Waals surface area contributed by atoms with E-state index in [2.05, 4.69) is 59.7 Å². The first-order chi connectivity index (χ1) is 16.0. The molecule has 2 aromatic carbocycles. The second kappa shape index (κ2) is 12.8. The molecule has 9 heteroatoms. The number of halogens is 5. The molecular weight excluding hydrogens is 455 g/mol. The van der Waals surface area contributed by atoms with Gasteiger partial charge in [-0.2, -0.15) is 8.78 Å². The van der Waals surface area contributed by atoms with E-state index in [1.165, 1.54) is 5.69 Å². The smallest absolute Gasteiger partial charge is 0.206 e. The molecule has 190 valence electrons. The van der Waals surface area contributed by atoms with Gasteiger partial charge in [0.25, 0.3) is 0 Å². The maximum Gasteiger partial charge on any atom is 0.206 e. The van der Waals surface area contributed by atoms with Crippen molar-refractivity contribution in [2.75, 3.05) is 51.3 Å². The zero-order valence-corrected chi connectivity index (χ0v) is 20.3. The van der Waals surface area contributed by atoms with Crippen molar-refractivity contribution in [2.24, 2.45) is 11.8 Å². The van der Waals surface area contributed by atoms with Gasteiger partial charge in [-0.25, -0.2) is 13.2 Å². The fourth-order valence-corrected chi connectivity index (χ4v) is 3.04. The number of hydrogen-bond donors (Lipinski definition) is 0. The lowest BCUT2D eigenvalue weighted by Gasteiger charge is -2.34. The molecule has 34 heavy (non-hydrogen) atoms. The van der Waals surface area contributed by atoms with Crippen LogP contribution in [0.15, 0.2) is 24.3 Å². The van der Waals surface area contributed by atoms with Gasteiger partial charge < -0.3 is 19.3 Å². The van der Waals surface area contributed by atoms with E-state index in [0.717, 1.165) is 38.5 Å². The third-order valence-electron chi connectivity index (χ3n) is 5.02. The van der Waals surface area contributed by atoms with Crippen LogP contribution in [0.25, 0.3) is 0 Å². The predicted octanol–water partition coefficient (Wildman–Crippen LogP) is 5.89. The SMILES string of the molecule is CC(C)COc1c(F)c(F)c(F)c(F)c1F.CC(C)COc1ccc(N2CCN(C)CC2)cc1. The van der Waals surface area contributed by atoms with Gasteiger partial charge in [-0.1, -0.05) is 27.7 Å². The van der Waals surface area contributed by atoms with Gasteiger partial charge in [0.2, 0.25) is 29.1 Å². The molecule has 0 saturated carbocycles. The number of ether oxygens (including phenoxy) is 2. The Kier molecular flexibility index (Phi) is 10.4. The molecule has 0 unspecified atom stereocenters. The minimum Gasteiger partial charge on any atom is -0.493 e. The van der Waals surface area contributed by atoms with Gasteiger partial charge in [0.1, 0.15) is 5.75 Å². The molecular formula is C25H33F5N2O2. The Labute approximate surface area is 198 Å². The zero-order valence-electron chi connectivity index (χ0n) is 20.3. The van der Waals surface area contributed by atoms with E-state index >= 15 is 0 Å². The average Bonchev–Trinajstić information content (AvgIpc) is 2.81. The van der Waals surface area contributed by atoms with Crippen LogP contribution in [-0.4, -0.2) is 51.3 Å².